The summed E-state index contributed by atoms with van der Waals surface area (Å²) in [5.41, 5.74) is 0.712. The first-order chi connectivity index (χ1) is 6.75. The fourth-order valence-electron chi connectivity index (χ4n) is 1.38. The van der Waals surface area contributed by atoms with E-state index in [-0.39, 0.29) is 0 Å². The van der Waals surface area contributed by atoms with E-state index in [1.54, 1.807) is 0 Å². The van der Waals surface area contributed by atoms with Crippen molar-refractivity contribution in [2.75, 3.05) is 5.32 Å². The molecule has 70 valence electrons. The summed E-state index contributed by atoms with van der Waals surface area (Å²) in [4.78, 5) is 10.6. The van der Waals surface area contributed by atoms with E-state index >= 15 is 0 Å². The molecule has 0 fully saturated rings. The van der Waals surface area contributed by atoms with E-state index in [1.165, 1.54) is 0 Å². The van der Waals surface area contributed by atoms with Crippen molar-refractivity contribution in [1.29, 1.82) is 0 Å². The van der Waals surface area contributed by atoms with Gasteiger partial charge in [-0.3, -0.25) is 4.79 Å². The quantitative estimate of drug-likeness (QED) is 0.559. The van der Waals surface area contributed by atoms with E-state index in [0.717, 1.165) is 10.8 Å². The molecule has 0 saturated heterocycles. The number of halogens is 1. The summed E-state index contributed by atoms with van der Waals surface area (Å²) in [7, 11) is 0. The van der Waals surface area contributed by atoms with E-state index < -0.39 is 5.37 Å². The van der Waals surface area contributed by atoms with Crippen LogP contribution < -0.4 is 5.32 Å². The number of benzene rings is 2. The molecule has 0 aliphatic rings. The predicted molar refractivity (Wildman–Crippen MR) is 58.8 cm³/mol. The smallest absolute Gasteiger partial charge is 0.312 e. The lowest BCUT2D eigenvalue weighted by Crippen LogP contribution is -2.00. The van der Waals surface area contributed by atoms with E-state index in [0.29, 0.717) is 5.69 Å². The van der Waals surface area contributed by atoms with Crippen molar-refractivity contribution in [1.82, 2.24) is 0 Å². The van der Waals surface area contributed by atoms with Crippen molar-refractivity contribution in [2.24, 2.45) is 0 Å². The third-order valence-electron chi connectivity index (χ3n) is 1.99. The number of fused-ring (bicyclic) bond motifs is 1. The highest BCUT2D eigenvalue weighted by Gasteiger charge is 1.98. The van der Waals surface area contributed by atoms with Crippen LogP contribution in [0.4, 0.5) is 10.5 Å². The molecule has 0 atom stereocenters. The molecule has 1 N–H and O–H groups in total. The molecule has 2 aromatic rings. The highest BCUT2D eigenvalue weighted by molar-refractivity contribution is 6.65. The van der Waals surface area contributed by atoms with E-state index in [4.69, 9.17) is 11.6 Å². The fourth-order valence-corrected chi connectivity index (χ4v) is 1.49. The highest BCUT2D eigenvalue weighted by atomic mass is 35.5. The Morgan fingerprint density at radius 1 is 1.07 bits per heavy atom. The number of carbonyl (C=O) groups excluding carboxylic acids is 1. The number of carbonyl (C=O) groups is 1. The summed E-state index contributed by atoms with van der Waals surface area (Å²) < 4.78 is 0. The molecular weight excluding hydrogens is 198 g/mol. The predicted octanol–water partition coefficient (Wildman–Crippen LogP) is 3.61. The molecule has 14 heavy (non-hydrogen) atoms. The minimum atomic E-state index is -0.569. The Kier molecular flexibility index (Phi) is 2.37. The van der Waals surface area contributed by atoms with Gasteiger partial charge in [0, 0.05) is 5.69 Å². The molecule has 0 unspecified atom stereocenters. The van der Waals surface area contributed by atoms with Crippen LogP contribution in [0.15, 0.2) is 42.5 Å². The molecule has 0 bridgehead atoms. The minimum absolute atomic E-state index is 0.569. The molecular formula is C11H8ClNO. The van der Waals surface area contributed by atoms with E-state index in [2.05, 4.69) is 5.32 Å². The molecule has 1 amide bonds. The van der Waals surface area contributed by atoms with Crippen molar-refractivity contribution in [2.45, 2.75) is 0 Å². The van der Waals surface area contributed by atoms with Gasteiger partial charge >= 0.3 is 5.37 Å². The maximum absolute atomic E-state index is 10.6. The largest absolute Gasteiger partial charge is 0.318 e. The second-order valence-corrected chi connectivity index (χ2v) is 3.30. The number of nitrogens with one attached hydrogen (secondary N) is 1. The Morgan fingerprint density at radius 3 is 2.50 bits per heavy atom. The molecule has 0 aromatic heterocycles. The fraction of sp³-hybridized carbons (Fsp3) is 0. The summed E-state index contributed by atoms with van der Waals surface area (Å²) in [6.45, 7) is 0. The van der Waals surface area contributed by atoms with Gasteiger partial charge in [-0.1, -0.05) is 30.3 Å². The molecule has 0 radical (unpaired) electrons. The van der Waals surface area contributed by atoms with Crippen LogP contribution in [-0.2, 0) is 0 Å². The van der Waals surface area contributed by atoms with Crippen LogP contribution >= 0.6 is 11.6 Å². The van der Waals surface area contributed by atoms with Crippen LogP contribution in [-0.4, -0.2) is 5.37 Å². The Bertz CT molecular complexity index is 481. The van der Waals surface area contributed by atoms with Gasteiger partial charge in [0.1, 0.15) is 0 Å². The summed E-state index contributed by atoms with van der Waals surface area (Å²) >= 11 is 5.21. The first-order valence-electron chi connectivity index (χ1n) is 4.21. The van der Waals surface area contributed by atoms with Gasteiger partial charge in [-0.25, -0.2) is 0 Å². The number of hydrogen-bond acceptors (Lipinski definition) is 1. The van der Waals surface area contributed by atoms with Crippen LogP contribution in [0.3, 0.4) is 0 Å². The Morgan fingerprint density at radius 2 is 1.79 bits per heavy atom. The summed E-state index contributed by atoms with van der Waals surface area (Å²) in [5, 5.41) is 4.17. The molecule has 0 aliphatic carbocycles. The number of amides is 1. The number of hydrogen-bond donors (Lipinski definition) is 1. The Hall–Kier alpha value is -1.54. The normalized spacial score (nSPS) is 10.1. The van der Waals surface area contributed by atoms with Gasteiger partial charge in [0.2, 0.25) is 0 Å². The van der Waals surface area contributed by atoms with Gasteiger partial charge in [-0.15, -0.1) is 0 Å². The van der Waals surface area contributed by atoms with E-state index in [1.807, 2.05) is 42.5 Å². The maximum atomic E-state index is 10.6. The van der Waals surface area contributed by atoms with Gasteiger partial charge in [0.05, 0.1) is 0 Å². The maximum Gasteiger partial charge on any atom is 0.318 e. The van der Waals surface area contributed by atoms with Crippen LogP contribution in [0.2, 0.25) is 0 Å². The molecule has 2 rings (SSSR count). The molecule has 0 heterocycles. The zero-order valence-corrected chi connectivity index (χ0v) is 8.08. The molecule has 3 heteroatoms. The third-order valence-corrected chi connectivity index (χ3v) is 2.09. The Balaban J connectivity index is 2.46. The van der Waals surface area contributed by atoms with Crippen LogP contribution in [0.1, 0.15) is 0 Å². The molecule has 0 spiro atoms. The molecule has 0 aliphatic heterocycles. The topological polar surface area (TPSA) is 29.1 Å². The SMILES string of the molecule is O=C(Cl)Nc1ccc2ccccc2c1. The number of anilines is 1. The standard InChI is InChI=1S/C11H8ClNO/c12-11(14)13-10-6-5-8-3-1-2-4-9(8)7-10/h1-7H,(H,13,14). The van der Waals surface area contributed by atoms with E-state index in [9.17, 15) is 4.79 Å². The van der Waals surface area contributed by atoms with Gasteiger partial charge in [0.25, 0.3) is 0 Å². The van der Waals surface area contributed by atoms with Gasteiger partial charge in [-0.05, 0) is 34.5 Å². The zero-order valence-electron chi connectivity index (χ0n) is 7.33. The number of rotatable bonds is 1. The van der Waals surface area contributed by atoms with Crippen molar-refractivity contribution >= 4 is 33.4 Å². The summed E-state index contributed by atoms with van der Waals surface area (Å²) in [6.07, 6.45) is 0. The van der Waals surface area contributed by atoms with Crippen molar-refractivity contribution < 1.29 is 4.79 Å². The summed E-state index contributed by atoms with van der Waals surface area (Å²) in [5.74, 6) is 0. The second kappa shape index (κ2) is 3.68. The van der Waals surface area contributed by atoms with Crippen LogP contribution in [0.25, 0.3) is 10.8 Å². The van der Waals surface area contributed by atoms with Crippen molar-refractivity contribution in [3.63, 3.8) is 0 Å². The lowest BCUT2D eigenvalue weighted by atomic mass is 10.1. The minimum Gasteiger partial charge on any atom is -0.312 e. The zero-order chi connectivity index (χ0) is 9.97. The Labute approximate surface area is 86.5 Å². The second-order valence-electron chi connectivity index (χ2n) is 2.96. The van der Waals surface area contributed by atoms with Gasteiger partial charge in [-0.2, -0.15) is 0 Å². The first-order valence-corrected chi connectivity index (χ1v) is 4.59. The molecule has 2 nitrogen and oxygen atoms in total. The summed E-state index contributed by atoms with van der Waals surface area (Å²) in [6, 6.07) is 13.6. The molecule has 2 aromatic carbocycles. The lowest BCUT2D eigenvalue weighted by Gasteiger charge is -2.02. The van der Waals surface area contributed by atoms with Crippen molar-refractivity contribution in [3.8, 4) is 0 Å². The van der Waals surface area contributed by atoms with Crippen molar-refractivity contribution in [3.05, 3.63) is 42.5 Å². The van der Waals surface area contributed by atoms with Gasteiger partial charge in [0.15, 0.2) is 0 Å². The monoisotopic (exact) mass is 205 g/mol. The van der Waals surface area contributed by atoms with Crippen LogP contribution in [0.5, 0.6) is 0 Å². The molecule has 0 saturated carbocycles. The average Bonchev–Trinajstić information content (AvgIpc) is 2.17. The highest BCUT2D eigenvalue weighted by Crippen LogP contribution is 2.18. The first kappa shape index (κ1) is 9.03. The van der Waals surface area contributed by atoms with Crippen LogP contribution in [0, 0.1) is 0 Å². The average molecular weight is 206 g/mol. The third kappa shape index (κ3) is 1.86. The van der Waals surface area contributed by atoms with Gasteiger partial charge < -0.3 is 5.32 Å². The lowest BCUT2D eigenvalue weighted by molar-refractivity contribution is 0.269.